The average molecular weight is 388 g/mol. The van der Waals surface area contributed by atoms with E-state index in [-0.39, 0.29) is 5.91 Å². The molecular weight excluding hydrogens is 362 g/mol. The Morgan fingerprint density at radius 2 is 1.78 bits per heavy atom. The molecule has 1 heterocycles. The quantitative estimate of drug-likeness (QED) is 0.827. The van der Waals surface area contributed by atoms with Crippen LogP contribution in [0.25, 0.3) is 0 Å². The number of likely N-dealkylation sites (tertiary alicyclic amines) is 1. The minimum Gasteiger partial charge on any atom is -0.322 e. The molecule has 1 fully saturated rings. The molecule has 0 saturated carbocycles. The number of carbonyl (C=O) groups excluding carboxylic acids is 1. The zero-order chi connectivity index (χ0) is 19.4. The Morgan fingerprint density at radius 3 is 2.41 bits per heavy atom. The van der Waals surface area contributed by atoms with Gasteiger partial charge in [-0.25, -0.2) is 8.42 Å². The molecule has 1 aliphatic rings. The van der Waals surface area contributed by atoms with E-state index in [4.69, 9.17) is 0 Å². The summed E-state index contributed by atoms with van der Waals surface area (Å²) in [6, 6.07) is 14.4. The Labute approximate surface area is 160 Å². The van der Waals surface area contributed by atoms with Gasteiger partial charge in [0, 0.05) is 24.8 Å². The van der Waals surface area contributed by atoms with Crippen LogP contribution in [0.4, 0.5) is 11.4 Å². The second-order valence-corrected chi connectivity index (χ2v) is 8.93. The fraction of sp³-hybridized carbons (Fsp3) is 0.350. The Kier molecular flexibility index (Phi) is 5.82. The van der Waals surface area contributed by atoms with Crippen LogP contribution in [0, 0.1) is 0 Å². The molecule has 0 spiro atoms. The topological polar surface area (TPSA) is 69.7 Å². The summed E-state index contributed by atoms with van der Waals surface area (Å²) in [6.45, 7) is 3.16. The van der Waals surface area contributed by atoms with Crippen molar-refractivity contribution in [3.8, 4) is 0 Å². The summed E-state index contributed by atoms with van der Waals surface area (Å²) < 4.78 is 24.4. The van der Waals surface area contributed by atoms with Gasteiger partial charge in [-0.2, -0.15) is 0 Å². The van der Waals surface area contributed by atoms with Crippen molar-refractivity contribution in [2.24, 2.45) is 0 Å². The van der Waals surface area contributed by atoms with Crippen molar-refractivity contribution < 1.29 is 13.2 Å². The maximum Gasteiger partial charge on any atom is 0.255 e. The first-order valence-corrected chi connectivity index (χ1v) is 10.8. The van der Waals surface area contributed by atoms with Crippen LogP contribution >= 0.6 is 0 Å². The molecule has 6 nitrogen and oxygen atoms in total. The third kappa shape index (κ3) is 5.08. The van der Waals surface area contributed by atoms with E-state index in [0.29, 0.717) is 11.3 Å². The van der Waals surface area contributed by atoms with Crippen molar-refractivity contribution >= 4 is 27.3 Å². The summed E-state index contributed by atoms with van der Waals surface area (Å²) in [7, 11) is -1.84. The van der Waals surface area contributed by atoms with Gasteiger partial charge in [-0.3, -0.25) is 14.0 Å². The van der Waals surface area contributed by atoms with Gasteiger partial charge in [0.15, 0.2) is 0 Å². The molecular formula is C20H25N3O3S. The summed E-state index contributed by atoms with van der Waals surface area (Å²) in [5, 5.41) is 2.91. The minimum atomic E-state index is -3.32. The first-order chi connectivity index (χ1) is 12.8. The highest BCUT2D eigenvalue weighted by Gasteiger charge is 2.14. The number of benzene rings is 2. The van der Waals surface area contributed by atoms with Crippen molar-refractivity contribution in [1.29, 1.82) is 0 Å². The lowest BCUT2D eigenvalue weighted by Crippen LogP contribution is -2.24. The highest BCUT2D eigenvalue weighted by atomic mass is 32.2. The first-order valence-electron chi connectivity index (χ1n) is 8.99. The molecule has 1 amide bonds. The van der Waals surface area contributed by atoms with Crippen LogP contribution in [0.5, 0.6) is 0 Å². The third-order valence-electron chi connectivity index (χ3n) is 4.78. The summed E-state index contributed by atoms with van der Waals surface area (Å²) >= 11 is 0. The van der Waals surface area contributed by atoms with E-state index in [1.807, 2.05) is 18.2 Å². The van der Waals surface area contributed by atoms with Crippen molar-refractivity contribution in [3.63, 3.8) is 0 Å². The van der Waals surface area contributed by atoms with Crippen molar-refractivity contribution in [2.45, 2.75) is 19.4 Å². The lowest BCUT2D eigenvalue weighted by molar-refractivity contribution is 0.102. The van der Waals surface area contributed by atoms with E-state index in [2.05, 4.69) is 16.3 Å². The molecule has 2 aromatic rings. The zero-order valence-corrected chi connectivity index (χ0v) is 16.5. The lowest BCUT2D eigenvalue weighted by atomic mass is 10.1. The van der Waals surface area contributed by atoms with Gasteiger partial charge >= 0.3 is 0 Å². The summed E-state index contributed by atoms with van der Waals surface area (Å²) in [5.74, 6) is -0.220. The third-order valence-corrected chi connectivity index (χ3v) is 5.99. The van der Waals surface area contributed by atoms with Gasteiger partial charge in [0.05, 0.1) is 11.9 Å². The predicted octanol–water partition coefficient (Wildman–Crippen LogP) is 2.93. The van der Waals surface area contributed by atoms with Gasteiger partial charge in [0.1, 0.15) is 0 Å². The standard InChI is InChI=1S/C20H25N3O3S/c1-22(27(2,25)26)19-10-8-17(9-11-19)20(24)21-18-7-5-6-16(14-18)15-23-12-3-4-13-23/h5-11,14H,3-4,12-13,15H2,1-2H3,(H,21,24). The molecule has 1 N–H and O–H groups in total. The number of amides is 1. The number of carbonyl (C=O) groups is 1. The predicted molar refractivity (Wildman–Crippen MR) is 109 cm³/mol. The Balaban J connectivity index is 1.66. The van der Waals surface area contributed by atoms with E-state index < -0.39 is 10.0 Å². The van der Waals surface area contributed by atoms with Crippen LogP contribution in [-0.2, 0) is 16.6 Å². The van der Waals surface area contributed by atoms with E-state index in [0.717, 1.165) is 31.6 Å². The molecule has 0 atom stereocenters. The Bertz CT molecular complexity index is 904. The largest absolute Gasteiger partial charge is 0.322 e. The molecule has 7 heteroatoms. The van der Waals surface area contributed by atoms with E-state index in [9.17, 15) is 13.2 Å². The molecule has 1 aliphatic heterocycles. The molecule has 2 aromatic carbocycles. The fourth-order valence-corrected chi connectivity index (χ4v) is 3.67. The lowest BCUT2D eigenvalue weighted by Gasteiger charge is -2.17. The number of anilines is 2. The second kappa shape index (κ2) is 8.10. The first kappa shape index (κ1) is 19.4. The van der Waals surface area contributed by atoms with E-state index in [1.165, 1.54) is 29.8 Å². The van der Waals surface area contributed by atoms with Crippen LogP contribution in [0.2, 0.25) is 0 Å². The molecule has 0 aliphatic carbocycles. The van der Waals surface area contributed by atoms with Crippen LogP contribution in [0.3, 0.4) is 0 Å². The van der Waals surface area contributed by atoms with Crippen LogP contribution in [0.1, 0.15) is 28.8 Å². The molecule has 1 saturated heterocycles. The van der Waals surface area contributed by atoms with Crippen molar-refractivity contribution in [1.82, 2.24) is 4.90 Å². The SMILES string of the molecule is CN(c1ccc(C(=O)Nc2cccc(CN3CCCC3)c2)cc1)S(C)(=O)=O. The second-order valence-electron chi connectivity index (χ2n) is 6.92. The minimum absolute atomic E-state index is 0.220. The van der Waals surface area contributed by atoms with Gasteiger partial charge in [-0.1, -0.05) is 12.1 Å². The van der Waals surface area contributed by atoms with Gasteiger partial charge in [-0.05, 0) is 67.9 Å². The number of nitrogens with zero attached hydrogens (tertiary/aromatic N) is 2. The molecule has 144 valence electrons. The average Bonchev–Trinajstić information content (AvgIpc) is 3.13. The maximum absolute atomic E-state index is 12.5. The zero-order valence-electron chi connectivity index (χ0n) is 15.7. The number of rotatable bonds is 6. The molecule has 0 aromatic heterocycles. The highest BCUT2D eigenvalue weighted by molar-refractivity contribution is 7.92. The van der Waals surface area contributed by atoms with Gasteiger partial charge in [-0.15, -0.1) is 0 Å². The van der Waals surface area contributed by atoms with Crippen molar-refractivity contribution in [2.75, 3.05) is 36.0 Å². The molecule has 0 unspecified atom stereocenters. The van der Waals surface area contributed by atoms with Gasteiger partial charge in [0.25, 0.3) is 5.91 Å². The highest BCUT2D eigenvalue weighted by Crippen LogP contribution is 2.19. The van der Waals surface area contributed by atoms with Gasteiger partial charge in [0.2, 0.25) is 10.0 Å². The van der Waals surface area contributed by atoms with Crippen LogP contribution < -0.4 is 9.62 Å². The Morgan fingerprint density at radius 1 is 1.11 bits per heavy atom. The number of hydrogen-bond acceptors (Lipinski definition) is 4. The van der Waals surface area contributed by atoms with E-state index in [1.54, 1.807) is 24.3 Å². The van der Waals surface area contributed by atoms with Crippen LogP contribution in [0.15, 0.2) is 48.5 Å². The number of nitrogens with one attached hydrogen (secondary N) is 1. The number of sulfonamides is 1. The molecule has 3 rings (SSSR count). The normalized spacial score (nSPS) is 14.9. The summed E-state index contributed by atoms with van der Waals surface area (Å²) in [6.07, 6.45) is 3.64. The summed E-state index contributed by atoms with van der Waals surface area (Å²) in [4.78, 5) is 14.9. The molecule has 27 heavy (non-hydrogen) atoms. The smallest absolute Gasteiger partial charge is 0.255 e. The molecule has 0 bridgehead atoms. The monoisotopic (exact) mass is 387 g/mol. The Hall–Kier alpha value is -2.38. The fourth-order valence-electron chi connectivity index (χ4n) is 3.16. The van der Waals surface area contributed by atoms with Crippen molar-refractivity contribution in [3.05, 3.63) is 59.7 Å². The van der Waals surface area contributed by atoms with Crippen LogP contribution in [-0.4, -0.2) is 45.6 Å². The number of hydrogen-bond donors (Lipinski definition) is 1. The maximum atomic E-state index is 12.5. The molecule has 0 radical (unpaired) electrons. The van der Waals surface area contributed by atoms with Gasteiger partial charge < -0.3 is 5.32 Å². The van der Waals surface area contributed by atoms with E-state index >= 15 is 0 Å². The summed E-state index contributed by atoms with van der Waals surface area (Å²) in [5.41, 5.74) is 2.93.